The third kappa shape index (κ3) is 2.80. The molecule has 4 nitrogen and oxygen atoms in total. The molecule has 2 aliphatic rings. The summed E-state index contributed by atoms with van der Waals surface area (Å²) in [5.74, 6) is 0. The van der Waals surface area contributed by atoms with Crippen LogP contribution < -0.4 is 10.6 Å². The number of carbonyl (C=O) groups is 1. The first-order valence-electron chi connectivity index (χ1n) is 7.50. The van der Waals surface area contributed by atoms with Gasteiger partial charge in [-0.3, -0.25) is 0 Å². The van der Waals surface area contributed by atoms with E-state index in [9.17, 15) is 4.79 Å². The number of likely N-dealkylation sites (tertiary alicyclic amines) is 1. The Hall–Kier alpha value is -1.55. The van der Waals surface area contributed by atoms with Crippen LogP contribution in [0.3, 0.4) is 0 Å². The lowest BCUT2D eigenvalue weighted by Gasteiger charge is -2.38. The van der Waals surface area contributed by atoms with Gasteiger partial charge >= 0.3 is 6.03 Å². The Balaban J connectivity index is 1.56. The van der Waals surface area contributed by atoms with E-state index in [2.05, 4.69) is 10.6 Å². The molecule has 2 amide bonds. The van der Waals surface area contributed by atoms with Crippen molar-refractivity contribution in [3.8, 4) is 0 Å². The zero-order valence-corrected chi connectivity index (χ0v) is 12.1. The lowest BCUT2D eigenvalue weighted by atomic mass is 9.78. The molecule has 0 atom stereocenters. The lowest BCUT2D eigenvalue weighted by molar-refractivity contribution is 0.137. The minimum Gasteiger partial charge on any atom is -0.324 e. The van der Waals surface area contributed by atoms with Crippen LogP contribution in [0.1, 0.15) is 24.8 Å². The summed E-state index contributed by atoms with van der Waals surface area (Å²) in [5, 5.41) is 6.46. The van der Waals surface area contributed by atoms with E-state index in [4.69, 9.17) is 0 Å². The fourth-order valence-corrected chi connectivity index (χ4v) is 3.33. The number of benzene rings is 1. The minimum absolute atomic E-state index is 0.0383. The summed E-state index contributed by atoms with van der Waals surface area (Å²) in [6.45, 7) is 6.04. The van der Waals surface area contributed by atoms with Gasteiger partial charge in [0.15, 0.2) is 0 Å². The summed E-state index contributed by atoms with van der Waals surface area (Å²) in [6.07, 6.45) is 3.52. The summed E-state index contributed by atoms with van der Waals surface area (Å²) >= 11 is 0. The van der Waals surface area contributed by atoms with Gasteiger partial charge in [-0.25, -0.2) is 4.79 Å². The molecule has 0 saturated carbocycles. The van der Waals surface area contributed by atoms with E-state index in [0.717, 1.165) is 50.3 Å². The number of nitrogens with zero attached hydrogens (tertiary/aromatic N) is 1. The topological polar surface area (TPSA) is 44.4 Å². The number of hydrogen-bond donors (Lipinski definition) is 2. The molecule has 0 aromatic heterocycles. The van der Waals surface area contributed by atoms with E-state index < -0.39 is 0 Å². The van der Waals surface area contributed by atoms with Crippen LogP contribution in [-0.4, -0.2) is 37.1 Å². The fourth-order valence-electron chi connectivity index (χ4n) is 3.33. The Kier molecular flexibility index (Phi) is 3.66. The maximum Gasteiger partial charge on any atom is 0.321 e. The van der Waals surface area contributed by atoms with Crippen molar-refractivity contribution in [1.82, 2.24) is 10.2 Å². The normalized spacial score (nSPS) is 21.1. The van der Waals surface area contributed by atoms with Gasteiger partial charge in [-0.15, -0.1) is 0 Å². The van der Waals surface area contributed by atoms with Gasteiger partial charge in [0.1, 0.15) is 0 Å². The third-order valence-electron chi connectivity index (χ3n) is 4.71. The monoisotopic (exact) mass is 273 g/mol. The van der Waals surface area contributed by atoms with Crippen LogP contribution in [0.15, 0.2) is 24.3 Å². The number of rotatable bonds is 1. The van der Waals surface area contributed by atoms with E-state index in [1.54, 1.807) is 0 Å². The molecule has 2 aliphatic heterocycles. The molecule has 2 fully saturated rings. The highest BCUT2D eigenvalue weighted by Gasteiger charge is 2.37. The summed E-state index contributed by atoms with van der Waals surface area (Å²) in [4.78, 5) is 14.2. The van der Waals surface area contributed by atoms with Gasteiger partial charge in [0, 0.05) is 25.3 Å². The Morgan fingerprint density at radius 3 is 2.75 bits per heavy atom. The average molecular weight is 273 g/mol. The second kappa shape index (κ2) is 5.44. The van der Waals surface area contributed by atoms with Crippen LogP contribution in [0.5, 0.6) is 0 Å². The average Bonchev–Trinajstić information content (AvgIpc) is 2.88. The molecule has 108 valence electrons. The molecule has 1 aromatic rings. The summed E-state index contributed by atoms with van der Waals surface area (Å²) in [5.41, 5.74) is 2.51. The van der Waals surface area contributed by atoms with Crippen LogP contribution in [0.25, 0.3) is 0 Å². The van der Waals surface area contributed by atoms with Gasteiger partial charge < -0.3 is 15.5 Å². The van der Waals surface area contributed by atoms with Gasteiger partial charge in [0.2, 0.25) is 0 Å². The molecule has 4 heteroatoms. The lowest BCUT2D eigenvalue weighted by Crippen LogP contribution is -2.45. The zero-order valence-electron chi connectivity index (χ0n) is 12.1. The number of urea groups is 1. The van der Waals surface area contributed by atoms with Crippen molar-refractivity contribution >= 4 is 11.7 Å². The van der Waals surface area contributed by atoms with Gasteiger partial charge in [-0.05, 0) is 55.8 Å². The maximum absolute atomic E-state index is 12.3. The quantitative estimate of drug-likeness (QED) is 0.826. The van der Waals surface area contributed by atoms with Crippen molar-refractivity contribution in [2.75, 3.05) is 31.5 Å². The molecule has 2 saturated heterocycles. The fraction of sp³-hybridized carbons (Fsp3) is 0.562. The molecule has 1 aromatic carbocycles. The standard InChI is InChI=1S/C16H23N3O/c1-13-3-2-4-14(11-13)18-15(20)19-9-6-16(7-10-19)5-8-17-12-16/h2-4,11,17H,5-10,12H2,1H3,(H,18,20). The third-order valence-corrected chi connectivity index (χ3v) is 4.71. The Morgan fingerprint density at radius 2 is 2.10 bits per heavy atom. The SMILES string of the molecule is Cc1cccc(NC(=O)N2CCC3(CCNC3)CC2)c1. The second-order valence-corrected chi connectivity index (χ2v) is 6.21. The first kappa shape index (κ1) is 13.4. The van der Waals surface area contributed by atoms with Crippen LogP contribution in [-0.2, 0) is 0 Å². The van der Waals surface area contributed by atoms with Crippen LogP contribution in [0.2, 0.25) is 0 Å². The number of nitrogens with one attached hydrogen (secondary N) is 2. The number of hydrogen-bond acceptors (Lipinski definition) is 2. The molecule has 0 bridgehead atoms. The first-order valence-corrected chi connectivity index (χ1v) is 7.50. The number of carbonyl (C=O) groups excluding carboxylic acids is 1. The number of amides is 2. The van der Waals surface area contributed by atoms with E-state index in [-0.39, 0.29) is 6.03 Å². The molecular weight excluding hydrogens is 250 g/mol. The van der Waals surface area contributed by atoms with Crippen molar-refractivity contribution in [2.45, 2.75) is 26.2 Å². The smallest absolute Gasteiger partial charge is 0.321 e. The molecule has 1 spiro atoms. The molecule has 20 heavy (non-hydrogen) atoms. The molecular formula is C16H23N3O. The molecule has 3 rings (SSSR count). The van der Waals surface area contributed by atoms with Crippen LogP contribution >= 0.6 is 0 Å². The molecule has 0 radical (unpaired) electrons. The van der Waals surface area contributed by atoms with Gasteiger partial charge in [0.25, 0.3) is 0 Å². The van der Waals surface area contributed by atoms with E-state index in [0.29, 0.717) is 5.41 Å². The van der Waals surface area contributed by atoms with Crippen molar-refractivity contribution in [1.29, 1.82) is 0 Å². The van der Waals surface area contributed by atoms with Gasteiger partial charge in [-0.2, -0.15) is 0 Å². The van der Waals surface area contributed by atoms with Crippen molar-refractivity contribution in [2.24, 2.45) is 5.41 Å². The second-order valence-electron chi connectivity index (χ2n) is 6.21. The molecule has 2 heterocycles. The highest BCUT2D eigenvalue weighted by Crippen LogP contribution is 2.36. The molecule has 2 N–H and O–H groups in total. The largest absolute Gasteiger partial charge is 0.324 e. The van der Waals surface area contributed by atoms with E-state index >= 15 is 0 Å². The summed E-state index contributed by atoms with van der Waals surface area (Å²) < 4.78 is 0. The van der Waals surface area contributed by atoms with Crippen molar-refractivity contribution < 1.29 is 4.79 Å². The summed E-state index contributed by atoms with van der Waals surface area (Å²) in [6, 6.07) is 7.99. The van der Waals surface area contributed by atoms with Crippen LogP contribution in [0, 0.1) is 12.3 Å². The maximum atomic E-state index is 12.3. The van der Waals surface area contributed by atoms with Crippen molar-refractivity contribution in [3.05, 3.63) is 29.8 Å². The van der Waals surface area contributed by atoms with E-state index in [1.165, 1.54) is 6.42 Å². The Morgan fingerprint density at radius 1 is 1.30 bits per heavy atom. The first-order chi connectivity index (χ1) is 9.67. The Bertz CT molecular complexity index is 484. The summed E-state index contributed by atoms with van der Waals surface area (Å²) in [7, 11) is 0. The molecule has 0 unspecified atom stereocenters. The number of piperidine rings is 1. The highest BCUT2D eigenvalue weighted by atomic mass is 16.2. The predicted octanol–water partition coefficient (Wildman–Crippen LogP) is 2.60. The van der Waals surface area contributed by atoms with E-state index in [1.807, 2.05) is 36.1 Å². The Labute approximate surface area is 120 Å². The minimum atomic E-state index is 0.0383. The highest BCUT2D eigenvalue weighted by molar-refractivity contribution is 5.89. The van der Waals surface area contributed by atoms with Crippen molar-refractivity contribution in [3.63, 3.8) is 0 Å². The predicted molar refractivity (Wildman–Crippen MR) is 80.9 cm³/mol. The number of aryl methyl sites for hydroxylation is 1. The molecule has 0 aliphatic carbocycles. The number of anilines is 1. The van der Waals surface area contributed by atoms with Crippen LogP contribution in [0.4, 0.5) is 10.5 Å². The van der Waals surface area contributed by atoms with Gasteiger partial charge in [0.05, 0.1) is 0 Å². The van der Waals surface area contributed by atoms with Gasteiger partial charge in [-0.1, -0.05) is 12.1 Å². The zero-order chi connectivity index (χ0) is 14.0.